The third-order valence-corrected chi connectivity index (χ3v) is 9.15. The maximum absolute atomic E-state index is 15.1. The number of nitrogens with zero attached hydrogens (tertiary/aromatic N) is 3. The first-order chi connectivity index (χ1) is 19.8. The summed E-state index contributed by atoms with van der Waals surface area (Å²) < 4.78 is 60.0. The molecule has 1 fully saturated rings. The van der Waals surface area contributed by atoms with Crippen LogP contribution in [0.2, 0.25) is 0 Å². The van der Waals surface area contributed by atoms with Crippen LogP contribution < -0.4 is 4.74 Å². The number of sulfonamides is 1. The summed E-state index contributed by atoms with van der Waals surface area (Å²) in [6.07, 6.45) is 4.46. The lowest BCUT2D eigenvalue weighted by molar-refractivity contribution is 0.175. The first-order valence-corrected chi connectivity index (χ1v) is 15.6. The summed E-state index contributed by atoms with van der Waals surface area (Å²) in [7, 11) is -3.14. The standard InChI is InChI=1S/C32H31F2N3O3S/c1-41(38,39)37-14-12-36(13-15-37)11-4-16-40-26-8-10-27-23(18-26)19-29(32(27)28-9-7-25(33)20-30(28)34)24-17-22-5-2-3-6-31(22)35-21-24/h2-3,5-10,17-18,20-21H,4,11-16,19H2,1H3. The van der Waals surface area contributed by atoms with Gasteiger partial charge in [0.2, 0.25) is 10.0 Å². The molecule has 9 heteroatoms. The van der Waals surface area contributed by atoms with E-state index in [1.807, 2.05) is 48.7 Å². The summed E-state index contributed by atoms with van der Waals surface area (Å²) >= 11 is 0. The molecular formula is C32H31F2N3O3S. The summed E-state index contributed by atoms with van der Waals surface area (Å²) in [6.45, 7) is 3.82. The molecule has 6 rings (SSSR count). The Labute approximate surface area is 238 Å². The fourth-order valence-corrected chi connectivity index (χ4v) is 6.56. The number of aromatic nitrogens is 1. The molecule has 1 aliphatic carbocycles. The van der Waals surface area contributed by atoms with Gasteiger partial charge in [-0.15, -0.1) is 0 Å². The summed E-state index contributed by atoms with van der Waals surface area (Å²) in [4.78, 5) is 6.88. The number of ether oxygens (including phenoxy) is 1. The van der Waals surface area contributed by atoms with E-state index in [-0.39, 0.29) is 0 Å². The molecule has 0 bridgehead atoms. The first-order valence-electron chi connectivity index (χ1n) is 13.7. The zero-order valence-electron chi connectivity index (χ0n) is 22.8. The van der Waals surface area contributed by atoms with Crippen molar-refractivity contribution < 1.29 is 21.9 Å². The SMILES string of the molecule is CS(=O)(=O)N1CCN(CCCOc2ccc3c(c2)CC(c2cnc4ccccc4c2)=C3c2ccc(F)cc2F)CC1. The Morgan fingerprint density at radius 1 is 0.927 bits per heavy atom. The van der Waals surface area contributed by atoms with Gasteiger partial charge in [0.15, 0.2) is 0 Å². The largest absolute Gasteiger partial charge is 0.494 e. The van der Waals surface area contributed by atoms with Crippen LogP contribution in [0.25, 0.3) is 22.0 Å². The fraction of sp³-hybridized carbons (Fsp3) is 0.281. The van der Waals surface area contributed by atoms with Gasteiger partial charge in [0.1, 0.15) is 17.4 Å². The molecule has 2 heterocycles. The van der Waals surface area contributed by atoms with E-state index in [0.717, 1.165) is 63.5 Å². The van der Waals surface area contributed by atoms with Crippen LogP contribution >= 0.6 is 0 Å². The number of hydrogen-bond donors (Lipinski definition) is 0. The molecule has 0 unspecified atom stereocenters. The highest BCUT2D eigenvalue weighted by molar-refractivity contribution is 7.88. The van der Waals surface area contributed by atoms with Crippen molar-refractivity contribution in [3.8, 4) is 5.75 Å². The maximum Gasteiger partial charge on any atom is 0.211 e. The van der Waals surface area contributed by atoms with E-state index >= 15 is 4.39 Å². The molecule has 0 spiro atoms. The van der Waals surface area contributed by atoms with Crippen LogP contribution in [0.15, 0.2) is 72.9 Å². The van der Waals surface area contributed by atoms with Crippen molar-refractivity contribution in [2.45, 2.75) is 12.8 Å². The first kappa shape index (κ1) is 27.5. The van der Waals surface area contributed by atoms with Crippen LogP contribution in [-0.4, -0.2) is 68.2 Å². The molecule has 0 N–H and O–H groups in total. The van der Waals surface area contributed by atoms with Crippen molar-refractivity contribution in [2.24, 2.45) is 0 Å². The van der Waals surface area contributed by atoms with Gasteiger partial charge >= 0.3 is 0 Å². The monoisotopic (exact) mass is 575 g/mol. The van der Waals surface area contributed by atoms with E-state index < -0.39 is 21.7 Å². The molecule has 0 radical (unpaired) electrons. The van der Waals surface area contributed by atoms with Crippen molar-refractivity contribution in [2.75, 3.05) is 45.6 Å². The Kier molecular flexibility index (Phi) is 7.59. The second-order valence-electron chi connectivity index (χ2n) is 10.6. The van der Waals surface area contributed by atoms with E-state index in [0.29, 0.717) is 44.8 Å². The molecule has 0 saturated carbocycles. The third kappa shape index (κ3) is 5.88. The van der Waals surface area contributed by atoms with Gasteiger partial charge in [0, 0.05) is 55.9 Å². The number of allylic oxidation sites excluding steroid dienone is 1. The Balaban J connectivity index is 1.19. The predicted octanol–water partition coefficient (Wildman–Crippen LogP) is 5.37. The molecule has 212 valence electrons. The molecule has 4 aromatic rings. The molecule has 0 atom stereocenters. The Hall–Kier alpha value is -3.66. The number of rotatable bonds is 8. The summed E-state index contributed by atoms with van der Waals surface area (Å²) in [6, 6.07) is 19.5. The molecule has 0 amide bonds. The van der Waals surface area contributed by atoms with Crippen LogP contribution in [0, 0.1) is 11.6 Å². The molecule has 2 aliphatic rings. The van der Waals surface area contributed by atoms with E-state index in [1.165, 1.54) is 22.7 Å². The summed E-state index contributed by atoms with van der Waals surface area (Å²) in [5.41, 5.74) is 5.74. The van der Waals surface area contributed by atoms with Crippen molar-refractivity contribution in [1.29, 1.82) is 0 Å². The molecule has 41 heavy (non-hydrogen) atoms. The topological polar surface area (TPSA) is 62.7 Å². The Morgan fingerprint density at radius 3 is 2.49 bits per heavy atom. The Morgan fingerprint density at radius 2 is 1.71 bits per heavy atom. The van der Waals surface area contributed by atoms with Crippen molar-refractivity contribution in [1.82, 2.24) is 14.2 Å². The number of hydrogen-bond acceptors (Lipinski definition) is 5. The molecule has 6 nitrogen and oxygen atoms in total. The number of benzene rings is 3. The van der Waals surface area contributed by atoms with Crippen LogP contribution in [0.1, 0.15) is 28.7 Å². The molecule has 1 saturated heterocycles. The maximum atomic E-state index is 15.1. The van der Waals surface area contributed by atoms with Crippen LogP contribution in [0.5, 0.6) is 5.75 Å². The van der Waals surface area contributed by atoms with Crippen molar-refractivity contribution in [3.05, 3.63) is 107 Å². The van der Waals surface area contributed by atoms with Crippen molar-refractivity contribution in [3.63, 3.8) is 0 Å². The van der Waals surface area contributed by atoms with Crippen LogP contribution in [-0.2, 0) is 16.4 Å². The van der Waals surface area contributed by atoms with Crippen molar-refractivity contribution >= 4 is 32.1 Å². The second-order valence-corrected chi connectivity index (χ2v) is 12.6. The van der Waals surface area contributed by atoms with E-state index in [9.17, 15) is 12.8 Å². The molecular weight excluding hydrogens is 544 g/mol. The molecule has 1 aromatic heterocycles. The van der Waals surface area contributed by atoms with Gasteiger partial charge in [-0.25, -0.2) is 17.2 Å². The van der Waals surface area contributed by atoms with Gasteiger partial charge in [-0.05, 0) is 77.1 Å². The van der Waals surface area contributed by atoms with Gasteiger partial charge in [0.25, 0.3) is 0 Å². The average Bonchev–Trinajstić information content (AvgIpc) is 3.33. The van der Waals surface area contributed by atoms with E-state index in [1.54, 1.807) is 0 Å². The number of para-hydroxylation sites is 1. The number of halogens is 2. The van der Waals surface area contributed by atoms with Gasteiger partial charge < -0.3 is 9.64 Å². The molecule has 3 aromatic carbocycles. The van der Waals surface area contributed by atoms with Gasteiger partial charge in [0.05, 0.1) is 18.4 Å². The third-order valence-electron chi connectivity index (χ3n) is 7.84. The fourth-order valence-electron chi connectivity index (χ4n) is 5.74. The zero-order chi connectivity index (χ0) is 28.6. The highest BCUT2D eigenvalue weighted by atomic mass is 32.2. The number of pyridine rings is 1. The van der Waals surface area contributed by atoms with E-state index in [4.69, 9.17) is 4.74 Å². The summed E-state index contributed by atoms with van der Waals surface area (Å²) in [5.74, 6) is -0.473. The second kappa shape index (κ2) is 11.3. The smallest absolute Gasteiger partial charge is 0.211 e. The highest BCUT2D eigenvalue weighted by Crippen LogP contribution is 2.44. The number of piperazine rings is 1. The van der Waals surface area contributed by atoms with Gasteiger partial charge in [-0.3, -0.25) is 4.98 Å². The Bertz CT molecular complexity index is 1750. The van der Waals surface area contributed by atoms with E-state index in [2.05, 4.69) is 16.0 Å². The number of fused-ring (bicyclic) bond motifs is 2. The zero-order valence-corrected chi connectivity index (χ0v) is 23.6. The lowest BCUT2D eigenvalue weighted by Gasteiger charge is -2.33. The average molecular weight is 576 g/mol. The quantitative estimate of drug-likeness (QED) is 0.264. The normalized spacial score (nSPS) is 16.4. The van der Waals surface area contributed by atoms with Gasteiger partial charge in [-0.2, -0.15) is 4.31 Å². The van der Waals surface area contributed by atoms with Crippen LogP contribution in [0.4, 0.5) is 8.78 Å². The highest BCUT2D eigenvalue weighted by Gasteiger charge is 2.27. The lowest BCUT2D eigenvalue weighted by atomic mass is 9.94. The predicted molar refractivity (Wildman–Crippen MR) is 157 cm³/mol. The lowest BCUT2D eigenvalue weighted by Crippen LogP contribution is -2.48. The summed E-state index contributed by atoms with van der Waals surface area (Å²) in [5, 5.41) is 0.995. The minimum absolute atomic E-state index is 0.359. The van der Waals surface area contributed by atoms with Crippen LogP contribution in [0.3, 0.4) is 0 Å². The van der Waals surface area contributed by atoms with Gasteiger partial charge in [-0.1, -0.05) is 24.3 Å². The minimum atomic E-state index is -3.14. The minimum Gasteiger partial charge on any atom is -0.494 e. The molecule has 1 aliphatic heterocycles.